The smallest absolute Gasteiger partial charge is 0.0621 e. The number of ether oxygens (including phenoxy) is 2. The van der Waals surface area contributed by atoms with Gasteiger partial charge in [0.2, 0.25) is 0 Å². The molecule has 1 aliphatic heterocycles. The van der Waals surface area contributed by atoms with Crippen LogP contribution in [-0.4, -0.2) is 32.5 Å². The van der Waals surface area contributed by atoms with E-state index in [1.807, 2.05) is 0 Å². The van der Waals surface area contributed by atoms with Crippen molar-refractivity contribution in [3.63, 3.8) is 0 Å². The minimum absolute atomic E-state index is 0.157. The van der Waals surface area contributed by atoms with Crippen LogP contribution < -0.4 is 5.73 Å². The van der Waals surface area contributed by atoms with Gasteiger partial charge in [0.05, 0.1) is 13.2 Å². The first-order chi connectivity index (χ1) is 6.70. The molecule has 0 radical (unpaired) electrons. The zero-order valence-corrected chi connectivity index (χ0v) is 9.37. The number of rotatable bonds is 6. The molecule has 0 aromatic rings. The average molecular weight is 201 g/mol. The highest BCUT2D eigenvalue weighted by Crippen LogP contribution is 2.15. The van der Waals surface area contributed by atoms with Gasteiger partial charge in [0.15, 0.2) is 0 Å². The second-order valence-corrected chi connectivity index (χ2v) is 4.54. The molecule has 84 valence electrons. The van der Waals surface area contributed by atoms with E-state index in [9.17, 15) is 0 Å². The van der Waals surface area contributed by atoms with Crippen molar-refractivity contribution in [2.24, 2.45) is 17.6 Å². The van der Waals surface area contributed by atoms with E-state index in [2.05, 4.69) is 13.8 Å². The molecule has 1 heterocycles. The maximum atomic E-state index is 5.99. The van der Waals surface area contributed by atoms with Crippen LogP contribution in [0.5, 0.6) is 0 Å². The maximum absolute atomic E-state index is 5.99. The molecule has 3 heteroatoms. The van der Waals surface area contributed by atoms with E-state index in [-0.39, 0.29) is 6.04 Å². The summed E-state index contributed by atoms with van der Waals surface area (Å²) in [4.78, 5) is 0. The highest BCUT2D eigenvalue weighted by Gasteiger charge is 2.22. The molecule has 1 aliphatic rings. The van der Waals surface area contributed by atoms with Gasteiger partial charge in [-0.3, -0.25) is 0 Å². The van der Waals surface area contributed by atoms with Crippen molar-refractivity contribution in [1.29, 1.82) is 0 Å². The SMILES string of the molecule is CC(C)CCOCC(N)C1CCOC1. The molecule has 2 unspecified atom stereocenters. The summed E-state index contributed by atoms with van der Waals surface area (Å²) in [5.41, 5.74) is 5.99. The Balaban J connectivity index is 1.99. The third-order valence-electron chi connectivity index (χ3n) is 2.72. The predicted molar refractivity (Wildman–Crippen MR) is 57.2 cm³/mol. The van der Waals surface area contributed by atoms with Gasteiger partial charge < -0.3 is 15.2 Å². The molecule has 3 nitrogen and oxygen atoms in total. The average Bonchev–Trinajstić information content (AvgIpc) is 2.64. The maximum Gasteiger partial charge on any atom is 0.0621 e. The van der Waals surface area contributed by atoms with Gasteiger partial charge in [-0.05, 0) is 18.8 Å². The third kappa shape index (κ3) is 4.40. The fourth-order valence-corrected chi connectivity index (χ4v) is 1.56. The Morgan fingerprint density at radius 1 is 1.50 bits per heavy atom. The third-order valence-corrected chi connectivity index (χ3v) is 2.72. The molecule has 1 fully saturated rings. The first kappa shape index (κ1) is 12.0. The lowest BCUT2D eigenvalue weighted by Crippen LogP contribution is -2.35. The summed E-state index contributed by atoms with van der Waals surface area (Å²) < 4.78 is 10.8. The van der Waals surface area contributed by atoms with Crippen LogP contribution in [0.15, 0.2) is 0 Å². The number of hydrogen-bond donors (Lipinski definition) is 1. The summed E-state index contributed by atoms with van der Waals surface area (Å²) in [5.74, 6) is 1.22. The zero-order chi connectivity index (χ0) is 10.4. The van der Waals surface area contributed by atoms with Crippen molar-refractivity contribution in [2.75, 3.05) is 26.4 Å². The summed E-state index contributed by atoms with van der Waals surface area (Å²) in [6, 6.07) is 0.157. The summed E-state index contributed by atoms with van der Waals surface area (Å²) in [6.45, 7) is 7.60. The van der Waals surface area contributed by atoms with Crippen molar-refractivity contribution in [3.8, 4) is 0 Å². The van der Waals surface area contributed by atoms with Crippen molar-refractivity contribution < 1.29 is 9.47 Å². The lowest BCUT2D eigenvalue weighted by molar-refractivity contribution is 0.0921. The van der Waals surface area contributed by atoms with Gasteiger partial charge in [-0.2, -0.15) is 0 Å². The van der Waals surface area contributed by atoms with Gasteiger partial charge in [-0.1, -0.05) is 13.8 Å². The summed E-state index contributed by atoms with van der Waals surface area (Å²) in [5, 5.41) is 0. The molecule has 2 atom stereocenters. The molecule has 0 bridgehead atoms. The van der Waals surface area contributed by atoms with E-state index in [0.717, 1.165) is 32.7 Å². The van der Waals surface area contributed by atoms with E-state index in [1.54, 1.807) is 0 Å². The van der Waals surface area contributed by atoms with Gasteiger partial charge in [0, 0.05) is 25.2 Å². The molecule has 0 aromatic heterocycles. The van der Waals surface area contributed by atoms with Gasteiger partial charge >= 0.3 is 0 Å². The van der Waals surface area contributed by atoms with Crippen LogP contribution in [0.2, 0.25) is 0 Å². The Morgan fingerprint density at radius 2 is 2.29 bits per heavy atom. The Bertz CT molecular complexity index is 144. The molecule has 2 N–H and O–H groups in total. The molecule has 0 amide bonds. The van der Waals surface area contributed by atoms with Gasteiger partial charge in [-0.25, -0.2) is 0 Å². The molecule has 0 aliphatic carbocycles. The fourth-order valence-electron chi connectivity index (χ4n) is 1.56. The molecular formula is C11H23NO2. The molecule has 14 heavy (non-hydrogen) atoms. The highest BCUT2D eigenvalue weighted by molar-refractivity contribution is 4.75. The molecule has 0 saturated carbocycles. The lowest BCUT2D eigenvalue weighted by atomic mass is 10.0. The van der Waals surface area contributed by atoms with Crippen LogP contribution in [0.25, 0.3) is 0 Å². The van der Waals surface area contributed by atoms with Crippen molar-refractivity contribution >= 4 is 0 Å². The Hall–Kier alpha value is -0.120. The van der Waals surface area contributed by atoms with Crippen LogP contribution in [0, 0.1) is 11.8 Å². The minimum Gasteiger partial charge on any atom is -0.381 e. The van der Waals surface area contributed by atoms with Crippen molar-refractivity contribution in [2.45, 2.75) is 32.7 Å². The molecule has 1 rings (SSSR count). The number of nitrogens with two attached hydrogens (primary N) is 1. The first-order valence-electron chi connectivity index (χ1n) is 5.61. The zero-order valence-electron chi connectivity index (χ0n) is 9.37. The minimum atomic E-state index is 0.157. The second-order valence-electron chi connectivity index (χ2n) is 4.54. The molecular weight excluding hydrogens is 178 g/mol. The lowest BCUT2D eigenvalue weighted by Gasteiger charge is -2.17. The Labute approximate surface area is 86.9 Å². The number of hydrogen-bond acceptors (Lipinski definition) is 3. The van der Waals surface area contributed by atoms with Crippen molar-refractivity contribution in [1.82, 2.24) is 0 Å². The van der Waals surface area contributed by atoms with Gasteiger partial charge in [0.25, 0.3) is 0 Å². The first-order valence-corrected chi connectivity index (χ1v) is 5.61. The van der Waals surface area contributed by atoms with Crippen LogP contribution in [0.4, 0.5) is 0 Å². The quantitative estimate of drug-likeness (QED) is 0.661. The van der Waals surface area contributed by atoms with Gasteiger partial charge in [-0.15, -0.1) is 0 Å². The van der Waals surface area contributed by atoms with Crippen LogP contribution >= 0.6 is 0 Å². The van der Waals surface area contributed by atoms with Gasteiger partial charge in [0.1, 0.15) is 0 Å². The summed E-state index contributed by atoms with van der Waals surface area (Å²) in [6.07, 6.45) is 2.21. The molecule has 0 aromatic carbocycles. The van der Waals surface area contributed by atoms with E-state index < -0.39 is 0 Å². The van der Waals surface area contributed by atoms with Crippen LogP contribution in [0.1, 0.15) is 26.7 Å². The van der Waals surface area contributed by atoms with Crippen LogP contribution in [0.3, 0.4) is 0 Å². The predicted octanol–water partition coefficient (Wildman–Crippen LogP) is 1.41. The standard InChI is InChI=1S/C11H23NO2/c1-9(2)3-5-14-8-11(12)10-4-6-13-7-10/h9-11H,3-8,12H2,1-2H3. The Kier molecular flexibility index (Phi) is 5.45. The normalized spacial score (nSPS) is 24.4. The largest absolute Gasteiger partial charge is 0.381 e. The Morgan fingerprint density at radius 3 is 2.86 bits per heavy atom. The molecule has 0 spiro atoms. The van der Waals surface area contributed by atoms with E-state index in [1.165, 1.54) is 0 Å². The van der Waals surface area contributed by atoms with Crippen molar-refractivity contribution in [3.05, 3.63) is 0 Å². The highest BCUT2D eigenvalue weighted by atomic mass is 16.5. The topological polar surface area (TPSA) is 44.5 Å². The van der Waals surface area contributed by atoms with E-state index in [0.29, 0.717) is 18.4 Å². The fraction of sp³-hybridized carbons (Fsp3) is 1.00. The van der Waals surface area contributed by atoms with E-state index in [4.69, 9.17) is 15.2 Å². The monoisotopic (exact) mass is 201 g/mol. The van der Waals surface area contributed by atoms with E-state index >= 15 is 0 Å². The second kappa shape index (κ2) is 6.38. The molecule has 1 saturated heterocycles. The summed E-state index contributed by atoms with van der Waals surface area (Å²) >= 11 is 0. The van der Waals surface area contributed by atoms with Crippen LogP contribution in [-0.2, 0) is 9.47 Å². The summed E-state index contributed by atoms with van der Waals surface area (Å²) in [7, 11) is 0.